The van der Waals surface area contributed by atoms with Gasteiger partial charge in [-0.1, -0.05) is 30.3 Å². The largest absolute Gasteiger partial charge is 0.493 e. The third kappa shape index (κ3) is 3.90. The summed E-state index contributed by atoms with van der Waals surface area (Å²) in [6.45, 7) is 3.80. The lowest BCUT2D eigenvalue weighted by Gasteiger charge is -2.05. The maximum absolute atomic E-state index is 10.7. The summed E-state index contributed by atoms with van der Waals surface area (Å²) >= 11 is 0. The van der Waals surface area contributed by atoms with Crippen LogP contribution in [-0.2, 0) is 16.1 Å². The summed E-state index contributed by atoms with van der Waals surface area (Å²) in [5.74, 6) is 0.664. The van der Waals surface area contributed by atoms with Crippen molar-refractivity contribution in [3.05, 3.63) is 47.7 Å². The van der Waals surface area contributed by atoms with Gasteiger partial charge in [0.05, 0.1) is 5.76 Å². The molecule has 0 heterocycles. The highest BCUT2D eigenvalue weighted by molar-refractivity contribution is 5.87. The Hall–Kier alpha value is -1.57. The van der Waals surface area contributed by atoms with Gasteiger partial charge in [0.2, 0.25) is 0 Å². The fraction of sp³-hybridized carbons (Fsp3) is 0.250. The van der Waals surface area contributed by atoms with Crippen molar-refractivity contribution in [3.8, 4) is 0 Å². The molecule has 0 saturated carbocycles. The Morgan fingerprint density at radius 3 is 2.50 bits per heavy atom. The van der Waals surface area contributed by atoms with Crippen molar-refractivity contribution < 1.29 is 9.53 Å². The molecule has 0 aliphatic carbocycles. The summed E-state index contributed by atoms with van der Waals surface area (Å²) in [4.78, 5) is 10.7. The van der Waals surface area contributed by atoms with Gasteiger partial charge in [-0.15, -0.1) is 0 Å². The summed E-state index contributed by atoms with van der Waals surface area (Å²) in [6, 6.07) is 9.86. The normalized spacial score (nSPS) is 11.1. The zero-order valence-corrected chi connectivity index (χ0v) is 8.49. The third-order valence-electron chi connectivity index (χ3n) is 1.72. The zero-order valence-electron chi connectivity index (χ0n) is 8.49. The lowest BCUT2D eigenvalue weighted by molar-refractivity contribution is -0.112. The first-order valence-electron chi connectivity index (χ1n) is 4.54. The van der Waals surface area contributed by atoms with Gasteiger partial charge >= 0.3 is 0 Å². The van der Waals surface area contributed by atoms with Crippen LogP contribution in [0.2, 0.25) is 0 Å². The smallest absolute Gasteiger partial charge is 0.155 e. The lowest BCUT2D eigenvalue weighted by Crippen LogP contribution is -1.93. The number of ketones is 1. The molecule has 0 bridgehead atoms. The molecule has 74 valence electrons. The van der Waals surface area contributed by atoms with E-state index in [1.165, 1.54) is 13.0 Å². The average Bonchev–Trinajstić information content (AvgIpc) is 2.15. The summed E-state index contributed by atoms with van der Waals surface area (Å²) < 4.78 is 5.38. The Labute approximate surface area is 84.2 Å². The first kappa shape index (κ1) is 10.5. The molecular weight excluding hydrogens is 176 g/mol. The van der Waals surface area contributed by atoms with Crippen LogP contribution >= 0.6 is 0 Å². The number of allylic oxidation sites excluding steroid dienone is 2. The van der Waals surface area contributed by atoms with Gasteiger partial charge in [-0.25, -0.2) is 0 Å². The van der Waals surface area contributed by atoms with Crippen LogP contribution in [0.15, 0.2) is 42.2 Å². The molecular formula is C12H14O2. The number of hydrogen-bond acceptors (Lipinski definition) is 2. The molecule has 2 heteroatoms. The maximum atomic E-state index is 10.7. The molecule has 1 aromatic carbocycles. The topological polar surface area (TPSA) is 26.3 Å². The number of rotatable bonds is 4. The number of carbonyl (C=O) groups is 1. The van der Waals surface area contributed by atoms with Crippen molar-refractivity contribution in [2.24, 2.45) is 0 Å². The van der Waals surface area contributed by atoms with Crippen molar-refractivity contribution in [1.29, 1.82) is 0 Å². The Bertz CT molecular complexity index is 325. The molecule has 0 aromatic heterocycles. The van der Waals surface area contributed by atoms with E-state index in [4.69, 9.17) is 4.74 Å². The number of carbonyl (C=O) groups excluding carboxylic acids is 1. The highest BCUT2D eigenvalue weighted by Crippen LogP contribution is 2.04. The van der Waals surface area contributed by atoms with Gasteiger partial charge in [0.25, 0.3) is 0 Å². The zero-order chi connectivity index (χ0) is 10.4. The van der Waals surface area contributed by atoms with E-state index in [1.54, 1.807) is 6.92 Å². The van der Waals surface area contributed by atoms with Crippen LogP contribution in [0.5, 0.6) is 0 Å². The van der Waals surface area contributed by atoms with Gasteiger partial charge in [0, 0.05) is 6.08 Å². The Morgan fingerprint density at radius 1 is 1.29 bits per heavy atom. The molecule has 0 spiro atoms. The Kier molecular flexibility index (Phi) is 3.92. The van der Waals surface area contributed by atoms with Crippen LogP contribution in [0.25, 0.3) is 0 Å². The molecule has 0 amide bonds. The van der Waals surface area contributed by atoms with Gasteiger partial charge in [-0.05, 0) is 19.4 Å². The standard InChI is InChI=1S/C12H14O2/c1-10(13)8-11(2)14-9-12-6-4-3-5-7-12/h3-8H,9H2,1-2H3/b11-8+. The van der Waals surface area contributed by atoms with Crippen molar-refractivity contribution in [2.75, 3.05) is 0 Å². The Balaban J connectivity index is 2.45. The SMILES string of the molecule is CC(=O)/C=C(\C)OCc1ccccc1. The van der Waals surface area contributed by atoms with E-state index in [9.17, 15) is 4.79 Å². The first-order chi connectivity index (χ1) is 6.68. The molecule has 0 unspecified atom stereocenters. The number of ether oxygens (including phenoxy) is 1. The van der Waals surface area contributed by atoms with Gasteiger partial charge < -0.3 is 4.74 Å². The summed E-state index contributed by atoms with van der Waals surface area (Å²) in [6.07, 6.45) is 1.49. The molecule has 0 aliphatic heterocycles. The molecule has 0 saturated heterocycles. The van der Waals surface area contributed by atoms with E-state index in [0.717, 1.165) is 5.56 Å². The molecule has 0 fully saturated rings. The number of benzene rings is 1. The minimum atomic E-state index is 0.00978. The fourth-order valence-electron chi connectivity index (χ4n) is 1.10. The molecule has 1 rings (SSSR count). The number of hydrogen-bond donors (Lipinski definition) is 0. The minimum Gasteiger partial charge on any atom is -0.493 e. The van der Waals surface area contributed by atoms with Crippen LogP contribution < -0.4 is 0 Å². The molecule has 0 aliphatic rings. The van der Waals surface area contributed by atoms with Crippen LogP contribution in [0, 0.1) is 0 Å². The molecule has 0 N–H and O–H groups in total. The average molecular weight is 190 g/mol. The maximum Gasteiger partial charge on any atom is 0.155 e. The second-order valence-corrected chi connectivity index (χ2v) is 3.14. The quantitative estimate of drug-likeness (QED) is 0.539. The van der Waals surface area contributed by atoms with Gasteiger partial charge in [0.1, 0.15) is 6.61 Å². The highest BCUT2D eigenvalue weighted by atomic mass is 16.5. The summed E-state index contributed by atoms with van der Waals surface area (Å²) in [7, 11) is 0. The third-order valence-corrected chi connectivity index (χ3v) is 1.72. The van der Waals surface area contributed by atoms with E-state index in [1.807, 2.05) is 30.3 Å². The summed E-state index contributed by atoms with van der Waals surface area (Å²) in [5.41, 5.74) is 1.10. The molecule has 14 heavy (non-hydrogen) atoms. The fourth-order valence-corrected chi connectivity index (χ4v) is 1.10. The van der Waals surface area contributed by atoms with E-state index < -0.39 is 0 Å². The predicted molar refractivity (Wildman–Crippen MR) is 55.7 cm³/mol. The van der Waals surface area contributed by atoms with Crippen LogP contribution in [0.4, 0.5) is 0 Å². The van der Waals surface area contributed by atoms with E-state index in [2.05, 4.69) is 0 Å². The highest BCUT2D eigenvalue weighted by Gasteiger charge is 1.94. The molecule has 0 radical (unpaired) electrons. The second kappa shape index (κ2) is 5.22. The van der Waals surface area contributed by atoms with Crippen LogP contribution in [0.3, 0.4) is 0 Å². The molecule has 1 aromatic rings. The van der Waals surface area contributed by atoms with E-state index >= 15 is 0 Å². The van der Waals surface area contributed by atoms with E-state index in [-0.39, 0.29) is 5.78 Å². The van der Waals surface area contributed by atoms with Gasteiger partial charge in [0.15, 0.2) is 5.78 Å². The first-order valence-corrected chi connectivity index (χ1v) is 4.54. The predicted octanol–water partition coefficient (Wildman–Crippen LogP) is 2.70. The molecule has 0 atom stereocenters. The van der Waals surface area contributed by atoms with Crippen molar-refractivity contribution >= 4 is 5.78 Å². The van der Waals surface area contributed by atoms with Gasteiger partial charge in [-0.2, -0.15) is 0 Å². The Morgan fingerprint density at radius 2 is 1.93 bits per heavy atom. The van der Waals surface area contributed by atoms with Crippen LogP contribution in [-0.4, -0.2) is 5.78 Å². The van der Waals surface area contributed by atoms with Crippen LogP contribution in [0.1, 0.15) is 19.4 Å². The minimum absolute atomic E-state index is 0.00978. The van der Waals surface area contributed by atoms with Gasteiger partial charge in [-0.3, -0.25) is 4.79 Å². The van der Waals surface area contributed by atoms with Crippen molar-refractivity contribution in [2.45, 2.75) is 20.5 Å². The lowest BCUT2D eigenvalue weighted by atomic mass is 10.2. The van der Waals surface area contributed by atoms with Crippen molar-refractivity contribution in [3.63, 3.8) is 0 Å². The second-order valence-electron chi connectivity index (χ2n) is 3.14. The van der Waals surface area contributed by atoms with E-state index in [0.29, 0.717) is 12.4 Å². The summed E-state index contributed by atoms with van der Waals surface area (Å²) in [5, 5.41) is 0. The molecule has 2 nitrogen and oxygen atoms in total. The monoisotopic (exact) mass is 190 g/mol. The van der Waals surface area contributed by atoms with Crippen molar-refractivity contribution in [1.82, 2.24) is 0 Å².